The van der Waals surface area contributed by atoms with Crippen LogP contribution >= 0.6 is 0 Å². The molecule has 2 bridgehead atoms. The van der Waals surface area contributed by atoms with Gasteiger partial charge in [-0.05, 0) is 84.7 Å². The molecule has 2 aliphatic rings. The Morgan fingerprint density at radius 3 is 1.47 bits per heavy atom. The normalized spacial score (nSPS) is 34.2. The number of nitrogens with one attached hydrogen (secondary N) is 2. The average molecular weight is 264 g/mol. The van der Waals surface area contributed by atoms with E-state index in [0.717, 1.165) is 36.8 Å². The maximum atomic E-state index is 3.71. The van der Waals surface area contributed by atoms with Crippen molar-refractivity contribution in [3.05, 3.63) is 12.2 Å². The van der Waals surface area contributed by atoms with Gasteiger partial charge >= 0.3 is 0 Å². The second-order valence-electron chi connectivity index (χ2n) is 8.54. The van der Waals surface area contributed by atoms with E-state index in [1.165, 1.54) is 6.42 Å². The van der Waals surface area contributed by atoms with Gasteiger partial charge in [-0.25, -0.2) is 0 Å². The summed E-state index contributed by atoms with van der Waals surface area (Å²) in [4.78, 5) is 0. The summed E-state index contributed by atoms with van der Waals surface area (Å²) in [7, 11) is 0. The Balaban J connectivity index is 1.94. The highest BCUT2D eigenvalue weighted by molar-refractivity contribution is 5.14. The van der Waals surface area contributed by atoms with E-state index in [1.54, 1.807) is 0 Å². The molecule has 0 aromatic rings. The van der Waals surface area contributed by atoms with Crippen LogP contribution in [0.2, 0.25) is 0 Å². The molecule has 2 nitrogen and oxygen atoms in total. The van der Waals surface area contributed by atoms with Crippen LogP contribution in [-0.4, -0.2) is 24.2 Å². The maximum Gasteiger partial charge on any atom is 0.00966 e. The lowest BCUT2D eigenvalue weighted by molar-refractivity contribution is 0.244. The van der Waals surface area contributed by atoms with Gasteiger partial charge in [0.2, 0.25) is 0 Å². The number of allylic oxidation sites excluding steroid dienone is 2. The zero-order valence-corrected chi connectivity index (χ0v) is 13.6. The van der Waals surface area contributed by atoms with E-state index >= 15 is 0 Å². The predicted molar refractivity (Wildman–Crippen MR) is 83.2 cm³/mol. The van der Waals surface area contributed by atoms with E-state index in [2.05, 4.69) is 64.3 Å². The summed E-state index contributed by atoms with van der Waals surface area (Å²) in [6, 6.07) is 0. The highest BCUT2D eigenvalue weighted by Gasteiger charge is 2.44. The summed E-state index contributed by atoms with van der Waals surface area (Å²) in [6.07, 6.45) is 6.31. The van der Waals surface area contributed by atoms with Gasteiger partial charge in [0.25, 0.3) is 0 Å². The molecule has 0 aromatic heterocycles. The highest BCUT2D eigenvalue weighted by atomic mass is 15.0. The first-order chi connectivity index (χ1) is 8.66. The lowest BCUT2D eigenvalue weighted by atomic mass is 9.82. The van der Waals surface area contributed by atoms with Gasteiger partial charge in [0.1, 0.15) is 0 Å². The van der Waals surface area contributed by atoms with Gasteiger partial charge in [-0.2, -0.15) is 0 Å². The first-order valence-electron chi connectivity index (χ1n) is 7.84. The molecule has 4 atom stereocenters. The summed E-state index contributed by atoms with van der Waals surface area (Å²) in [6.45, 7) is 15.9. The van der Waals surface area contributed by atoms with Crippen LogP contribution in [0.1, 0.15) is 48.0 Å². The van der Waals surface area contributed by atoms with E-state index in [4.69, 9.17) is 0 Å². The van der Waals surface area contributed by atoms with Gasteiger partial charge < -0.3 is 10.6 Å². The van der Waals surface area contributed by atoms with Crippen molar-refractivity contribution in [1.82, 2.24) is 10.6 Å². The van der Waals surface area contributed by atoms with Crippen molar-refractivity contribution < 1.29 is 0 Å². The van der Waals surface area contributed by atoms with Crippen molar-refractivity contribution >= 4 is 0 Å². The predicted octanol–water partition coefficient (Wildman–Crippen LogP) is 3.20. The Labute approximate surface area is 119 Å². The second kappa shape index (κ2) is 5.21. The Kier molecular flexibility index (Phi) is 4.13. The van der Waals surface area contributed by atoms with Crippen LogP contribution in [0.5, 0.6) is 0 Å². The highest BCUT2D eigenvalue weighted by Crippen LogP contribution is 2.47. The molecule has 4 unspecified atom stereocenters. The number of rotatable bonds is 4. The molecule has 2 heteroatoms. The van der Waals surface area contributed by atoms with Gasteiger partial charge in [-0.1, -0.05) is 12.2 Å². The minimum atomic E-state index is 0.230. The van der Waals surface area contributed by atoms with Crippen LogP contribution in [-0.2, 0) is 0 Å². The molecular weight excluding hydrogens is 232 g/mol. The average Bonchev–Trinajstić information content (AvgIpc) is 2.81. The van der Waals surface area contributed by atoms with Crippen LogP contribution in [0.15, 0.2) is 12.2 Å². The van der Waals surface area contributed by atoms with E-state index in [9.17, 15) is 0 Å². The number of hydrogen-bond donors (Lipinski definition) is 2. The number of fused-ring (bicyclic) bond motifs is 2. The fraction of sp³-hybridized carbons (Fsp3) is 0.882. The third kappa shape index (κ3) is 4.06. The quantitative estimate of drug-likeness (QED) is 0.762. The van der Waals surface area contributed by atoms with Crippen molar-refractivity contribution in [2.45, 2.75) is 59.0 Å². The summed E-state index contributed by atoms with van der Waals surface area (Å²) in [5.74, 6) is 3.24. The van der Waals surface area contributed by atoms with Crippen LogP contribution in [0.25, 0.3) is 0 Å². The molecule has 0 aliphatic heterocycles. The van der Waals surface area contributed by atoms with Crippen LogP contribution in [0, 0.1) is 23.7 Å². The van der Waals surface area contributed by atoms with Crippen LogP contribution in [0.4, 0.5) is 0 Å². The first-order valence-corrected chi connectivity index (χ1v) is 7.84. The van der Waals surface area contributed by atoms with Gasteiger partial charge in [-0.3, -0.25) is 0 Å². The Morgan fingerprint density at radius 1 is 0.789 bits per heavy atom. The molecule has 110 valence electrons. The molecule has 2 rings (SSSR count). The summed E-state index contributed by atoms with van der Waals surface area (Å²) >= 11 is 0. The fourth-order valence-corrected chi connectivity index (χ4v) is 3.48. The first kappa shape index (κ1) is 15.1. The van der Waals surface area contributed by atoms with Crippen molar-refractivity contribution in [2.75, 3.05) is 13.1 Å². The summed E-state index contributed by atoms with van der Waals surface area (Å²) in [5.41, 5.74) is 0.459. The molecule has 19 heavy (non-hydrogen) atoms. The zero-order valence-electron chi connectivity index (χ0n) is 13.6. The molecular formula is C17H32N2. The molecule has 2 aliphatic carbocycles. The molecule has 0 aromatic carbocycles. The Bertz CT molecular complexity index is 300. The van der Waals surface area contributed by atoms with Crippen LogP contribution in [0.3, 0.4) is 0 Å². The van der Waals surface area contributed by atoms with Gasteiger partial charge in [0, 0.05) is 11.1 Å². The zero-order chi connectivity index (χ0) is 14.3. The Hall–Kier alpha value is -0.340. The van der Waals surface area contributed by atoms with Crippen molar-refractivity contribution in [1.29, 1.82) is 0 Å². The van der Waals surface area contributed by atoms with E-state index < -0.39 is 0 Å². The largest absolute Gasteiger partial charge is 0.312 e. The van der Waals surface area contributed by atoms with E-state index in [-0.39, 0.29) is 11.1 Å². The molecule has 0 radical (unpaired) electrons. The SMILES string of the molecule is CC(C)(C)NCC1C2C=CC(C2)C1CNC(C)(C)C. The van der Waals surface area contributed by atoms with Crippen molar-refractivity contribution in [3.8, 4) is 0 Å². The topological polar surface area (TPSA) is 24.1 Å². The molecule has 0 spiro atoms. The minimum Gasteiger partial charge on any atom is -0.312 e. The van der Waals surface area contributed by atoms with E-state index in [0.29, 0.717) is 0 Å². The molecule has 0 amide bonds. The fourth-order valence-electron chi connectivity index (χ4n) is 3.48. The third-order valence-electron chi connectivity index (χ3n) is 4.54. The molecule has 1 saturated carbocycles. The van der Waals surface area contributed by atoms with Gasteiger partial charge in [-0.15, -0.1) is 0 Å². The Morgan fingerprint density at radius 2 is 1.16 bits per heavy atom. The van der Waals surface area contributed by atoms with Gasteiger partial charge in [0.15, 0.2) is 0 Å². The minimum absolute atomic E-state index is 0.230. The number of hydrogen-bond acceptors (Lipinski definition) is 2. The van der Waals surface area contributed by atoms with Crippen LogP contribution < -0.4 is 10.6 Å². The van der Waals surface area contributed by atoms with E-state index in [1.807, 2.05) is 0 Å². The smallest absolute Gasteiger partial charge is 0.00966 e. The lowest BCUT2D eigenvalue weighted by Crippen LogP contribution is -2.46. The lowest BCUT2D eigenvalue weighted by Gasteiger charge is -2.33. The molecule has 1 fully saturated rings. The maximum absolute atomic E-state index is 3.71. The molecule has 0 heterocycles. The summed E-state index contributed by atoms with van der Waals surface area (Å²) in [5, 5.41) is 7.43. The molecule has 0 saturated heterocycles. The molecule has 2 N–H and O–H groups in total. The standard InChI is InChI=1S/C17H32N2/c1-16(2,3)18-10-14-12-7-8-13(9-12)15(14)11-19-17(4,5)6/h7-8,12-15,18-19H,9-11H2,1-6H3. The monoisotopic (exact) mass is 264 g/mol. The summed E-state index contributed by atoms with van der Waals surface area (Å²) < 4.78 is 0. The third-order valence-corrected chi connectivity index (χ3v) is 4.54. The van der Waals surface area contributed by atoms with Gasteiger partial charge in [0.05, 0.1) is 0 Å². The van der Waals surface area contributed by atoms with Crippen molar-refractivity contribution in [2.24, 2.45) is 23.7 Å². The van der Waals surface area contributed by atoms with Crippen molar-refractivity contribution in [3.63, 3.8) is 0 Å². The second-order valence-corrected chi connectivity index (χ2v) is 8.54.